The Hall–Kier alpha value is -3.41. The van der Waals surface area contributed by atoms with E-state index in [4.69, 9.17) is 4.74 Å². The van der Waals surface area contributed by atoms with Gasteiger partial charge in [-0.05, 0) is 36.2 Å². The number of nitriles is 1. The maximum atomic E-state index is 13.9. The van der Waals surface area contributed by atoms with Crippen molar-refractivity contribution < 1.29 is 27.8 Å². The zero-order valence-electron chi connectivity index (χ0n) is 16.0. The van der Waals surface area contributed by atoms with Crippen LogP contribution in [0, 0.1) is 11.3 Å². The highest BCUT2D eigenvalue weighted by Crippen LogP contribution is 2.51. The second kappa shape index (κ2) is 7.13. The van der Waals surface area contributed by atoms with Crippen LogP contribution in [0.2, 0.25) is 0 Å². The predicted octanol–water partition coefficient (Wildman–Crippen LogP) is 4.66. The number of benzene rings is 2. The van der Waals surface area contributed by atoms with Gasteiger partial charge in [0.25, 0.3) is 0 Å². The van der Waals surface area contributed by atoms with E-state index in [9.17, 15) is 28.3 Å². The van der Waals surface area contributed by atoms with Gasteiger partial charge < -0.3 is 19.6 Å². The maximum absolute atomic E-state index is 13.9. The molecule has 0 saturated carbocycles. The van der Waals surface area contributed by atoms with E-state index < -0.39 is 23.8 Å². The summed E-state index contributed by atoms with van der Waals surface area (Å²) in [4.78, 5) is 14.3. The third-order valence-electron chi connectivity index (χ3n) is 5.75. The van der Waals surface area contributed by atoms with Gasteiger partial charge in [-0.1, -0.05) is 12.1 Å². The minimum absolute atomic E-state index is 0.0368. The molecule has 9 heteroatoms. The molecule has 6 nitrogen and oxygen atoms in total. The number of halogens is 3. The van der Waals surface area contributed by atoms with Crippen LogP contribution in [0.1, 0.15) is 29.0 Å². The Morgan fingerprint density at radius 3 is 2.70 bits per heavy atom. The Labute approximate surface area is 170 Å². The minimum Gasteiger partial charge on any atom is -0.465 e. The second-order valence-corrected chi connectivity index (χ2v) is 7.42. The molecule has 1 N–H and O–H groups in total. The lowest BCUT2D eigenvalue weighted by Gasteiger charge is -2.36. The van der Waals surface area contributed by atoms with Gasteiger partial charge in [0.05, 0.1) is 16.8 Å². The van der Waals surface area contributed by atoms with Crippen LogP contribution in [0.15, 0.2) is 36.4 Å². The fourth-order valence-electron chi connectivity index (χ4n) is 4.40. The summed E-state index contributed by atoms with van der Waals surface area (Å²) in [5, 5.41) is 18.6. The van der Waals surface area contributed by atoms with E-state index in [0.29, 0.717) is 12.0 Å². The van der Waals surface area contributed by atoms with E-state index in [1.807, 2.05) is 6.07 Å². The van der Waals surface area contributed by atoms with Crippen molar-refractivity contribution in [3.05, 3.63) is 53.1 Å². The molecule has 0 aliphatic carbocycles. The molecule has 0 bridgehead atoms. The number of rotatable bonds is 2. The fraction of sp³-hybridized carbons (Fsp3) is 0.333. The van der Waals surface area contributed by atoms with Crippen LogP contribution in [0.4, 0.5) is 23.7 Å². The quantitative estimate of drug-likeness (QED) is 0.770. The summed E-state index contributed by atoms with van der Waals surface area (Å²) in [7, 11) is 1.61. The standard InChI is InChI=1S/C21H18F3N3O3/c1-26-17-6-7-27(20(28)29)11-15(17)14-8-13(9-16(19(14)26)21(22,23)24)30-18-5-3-2-4-12(18)10-25/h2-5,8-9,15,17H,6-7,11H2,1H3,(H,28,29). The minimum atomic E-state index is -4.62. The summed E-state index contributed by atoms with van der Waals surface area (Å²) in [5.74, 6) is -0.275. The highest BCUT2D eigenvalue weighted by Gasteiger charge is 2.47. The number of amides is 1. The van der Waals surface area contributed by atoms with E-state index in [1.54, 1.807) is 24.1 Å². The molecule has 2 aromatic rings. The van der Waals surface area contributed by atoms with Crippen molar-refractivity contribution >= 4 is 11.8 Å². The van der Waals surface area contributed by atoms with Crippen molar-refractivity contribution in [3.63, 3.8) is 0 Å². The van der Waals surface area contributed by atoms with Crippen molar-refractivity contribution in [2.24, 2.45) is 0 Å². The summed E-state index contributed by atoms with van der Waals surface area (Å²) in [6.45, 7) is 0.391. The maximum Gasteiger partial charge on any atom is 0.418 e. The molecule has 4 rings (SSSR count). The number of alkyl halides is 3. The molecule has 0 aromatic heterocycles. The number of para-hydroxylation sites is 1. The molecule has 0 spiro atoms. The predicted molar refractivity (Wildman–Crippen MR) is 102 cm³/mol. The van der Waals surface area contributed by atoms with E-state index >= 15 is 0 Å². The Morgan fingerprint density at radius 2 is 2.03 bits per heavy atom. The fourth-order valence-corrected chi connectivity index (χ4v) is 4.40. The number of fused-ring (bicyclic) bond motifs is 3. The Kier molecular flexibility index (Phi) is 4.73. The normalized spacial score (nSPS) is 20.4. The zero-order chi connectivity index (χ0) is 21.6. The van der Waals surface area contributed by atoms with Gasteiger partial charge >= 0.3 is 12.3 Å². The topological polar surface area (TPSA) is 76.8 Å². The van der Waals surface area contributed by atoms with Crippen molar-refractivity contribution in [2.45, 2.75) is 24.6 Å². The SMILES string of the molecule is CN1c2c(cc(Oc3ccccc3C#N)cc2C(F)(F)F)C2CN(C(=O)O)CCC21. The number of anilines is 1. The number of piperidine rings is 1. The lowest BCUT2D eigenvalue weighted by atomic mass is 9.88. The third-order valence-corrected chi connectivity index (χ3v) is 5.75. The summed E-state index contributed by atoms with van der Waals surface area (Å²) >= 11 is 0. The summed E-state index contributed by atoms with van der Waals surface area (Å²) < 4.78 is 47.5. The van der Waals surface area contributed by atoms with Gasteiger partial charge in [-0.25, -0.2) is 4.79 Å². The molecule has 2 aromatic carbocycles. The molecular formula is C21H18F3N3O3. The van der Waals surface area contributed by atoms with Crippen LogP contribution in [0.3, 0.4) is 0 Å². The van der Waals surface area contributed by atoms with Crippen molar-refractivity contribution in [1.82, 2.24) is 4.90 Å². The molecular weight excluding hydrogens is 399 g/mol. The number of hydrogen-bond acceptors (Lipinski definition) is 4. The van der Waals surface area contributed by atoms with Crippen molar-refractivity contribution in [3.8, 4) is 17.6 Å². The molecule has 1 saturated heterocycles. The zero-order valence-corrected chi connectivity index (χ0v) is 16.0. The van der Waals surface area contributed by atoms with Crippen LogP contribution in [0.5, 0.6) is 11.5 Å². The van der Waals surface area contributed by atoms with Gasteiger partial charge in [0.15, 0.2) is 0 Å². The number of nitrogens with zero attached hydrogens (tertiary/aromatic N) is 3. The average molecular weight is 417 g/mol. The second-order valence-electron chi connectivity index (χ2n) is 7.42. The van der Waals surface area contributed by atoms with E-state index in [0.717, 1.165) is 6.07 Å². The van der Waals surface area contributed by atoms with E-state index in [1.165, 1.54) is 23.1 Å². The summed E-state index contributed by atoms with van der Waals surface area (Å²) in [5.41, 5.74) is -0.155. The molecule has 2 aliphatic heterocycles. The number of carboxylic acid groups (broad SMARTS) is 1. The Bertz CT molecular complexity index is 1050. The van der Waals surface area contributed by atoms with Crippen LogP contribution >= 0.6 is 0 Å². The molecule has 1 fully saturated rings. The van der Waals surface area contributed by atoms with Gasteiger partial charge in [0, 0.05) is 32.1 Å². The molecule has 2 unspecified atom stereocenters. The first-order valence-electron chi connectivity index (χ1n) is 9.33. The number of carbonyl (C=O) groups is 1. The smallest absolute Gasteiger partial charge is 0.418 e. The number of likely N-dealkylation sites (tertiary alicyclic amines) is 1. The number of hydrogen-bond donors (Lipinski definition) is 1. The van der Waals surface area contributed by atoms with Crippen molar-refractivity contribution in [2.75, 3.05) is 25.0 Å². The Balaban J connectivity index is 1.82. The highest BCUT2D eigenvalue weighted by molar-refractivity contribution is 5.71. The first-order chi connectivity index (χ1) is 14.2. The van der Waals surface area contributed by atoms with Crippen molar-refractivity contribution in [1.29, 1.82) is 5.26 Å². The van der Waals surface area contributed by atoms with E-state index in [-0.39, 0.29) is 41.9 Å². The molecule has 2 aliphatic rings. The van der Waals surface area contributed by atoms with Gasteiger partial charge in [-0.2, -0.15) is 18.4 Å². The molecule has 30 heavy (non-hydrogen) atoms. The van der Waals surface area contributed by atoms with Gasteiger partial charge in [-0.15, -0.1) is 0 Å². The Morgan fingerprint density at radius 1 is 1.30 bits per heavy atom. The third kappa shape index (κ3) is 3.28. The van der Waals surface area contributed by atoms with Crippen LogP contribution in [0.25, 0.3) is 0 Å². The molecule has 2 heterocycles. The highest BCUT2D eigenvalue weighted by atomic mass is 19.4. The lowest BCUT2D eigenvalue weighted by molar-refractivity contribution is -0.137. The van der Waals surface area contributed by atoms with Gasteiger partial charge in [0.1, 0.15) is 17.6 Å². The molecule has 0 radical (unpaired) electrons. The first kappa shape index (κ1) is 19.9. The number of likely N-dealkylation sites (N-methyl/N-ethyl adjacent to an activating group) is 1. The largest absolute Gasteiger partial charge is 0.465 e. The van der Waals surface area contributed by atoms with Gasteiger partial charge in [-0.3, -0.25) is 0 Å². The molecule has 2 atom stereocenters. The molecule has 156 valence electrons. The summed E-state index contributed by atoms with van der Waals surface area (Å²) in [6.07, 6.45) is -5.27. The van der Waals surface area contributed by atoms with E-state index in [2.05, 4.69) is 0 Å². The van der Waals surface area contributed by atoms with Crippen LogP contribution in [-0.2, 0) is 6.18 Å². The van der Waals surface area contributed by atoms with Crippen LogP contribution in [-0.4, -0.2) is 42.3 Å². The van der Waals surface area contributed by atoms with Crippen LogP contribution < -0.4 is 9.64 Å². The summed E-state index contributed by atoms with van der Waals surface area (Å²) in [6, 6.07) is 10.5. The first-order valence-corrected chi connectivity index (χ1v) is 9.33. The van der Waals surface area contributed by atoms with Gasteiger partial charge in [0.2, 0.25) is 0 Å². The monoisotopic (exact) mass is 417 g/mol. The average Bonchev–Trinajstić information content (AvgIpc) is 2.99. The lowest BCUT2D eigenvalue weighted by Crippen LogP contribution is -2.46. The number of ether oxygens (including phenoxy) is 1. The molecule has 1 amide bonds.